The minimum absolute atomic E-state index is 0. The van der Waals surface area contributed by atoms with Gasteiger partial charge in [-0.05, 0) is 38.8 Å². The molecule has 0 saturated carbocycles. The summed E-state index contributed by atoms with van der Waals surface area (Å²) in [5, 5.41) is 9.63. The molecule has 7 heteroatoms. The van der Waals surface area contributed by atoms with E-state index in [0.717, 1.165) is 56.3 Å². The number of anilines is 1. The topological polar surface area (TPSA) is 57.3 Å². The molecule has 3 rings (SSSR count). The van der Waals surface area contributed by atoms with E-state index in [1.54, 1.807) is 11.3 Å². The van der Waals surface area contributed by atoms with E-state index >= 15 is 0 Å². The van der Waals surface area contributed by atoms with Gasteiger partial charge >= 0.3 is 0 Å². The smallest absolute Gasteiger partial charge is 0.223 e. The van der Waals surface area contributed by atoms with Gasteiger partial charge in [0.25, 0.3) is 0 Å². The van der Waals surface area contributed by atoms with E-state index in [1.807, 2.05) is 0 Å². The van der Waals surface area contributed by atoms with E-state index in [2.05, 4.69) is 25.9 Å². The summed E-state index contributed by atoms with van der Waals surface area (Å²) in [5.41, 5.74) is 1.10. The minimum atomic E-state index is 0. The average molecular weight is 345 g/mol. The molecule has 3 heterocycles. The summed E-state index contributed by atoms with van der Waals surface area (Å²) < 4.78 is 0. The van der Waals surface area contributed by atoms with Crippen molar-refractivity contribution in [1.82, 2.24) is 15.6 Å². The van der Waals surface area contributed by atoms with Crippen molar-refractivity contribution in [3.63, 3.8) is 0 Å². The van der Waals surface area contributed by atoms with Crippen LogP contribution in [0.5, 0.6) is 0 Å². The number of amides is 1. The molecular formula is C15H25ClN4OS. The number of halogens is 1. The van der Waals surface area contributed by atoms with Gasteiger partial charge < -0.3 is 15.5 Å². The number of aromatic nitrogens is 1. The third kappa shape index (κ3) is 4.57. The number of thiazole rings is 1. The zero-order valence-corrected chi connectivity index (χ0v) is 14.5. The highest BCUT2D eigenvalue weighted by molar-refractivity contribution is 7.13. The van der Waals surface area contributed by atoms with Crippen LogP contribution in [0.1, 0.15) is 31.4 Å². The Bertz CT molecular complexity index is 470. The van der Waals surface area contributed by atoms with Crippen LogP contribution >= 0.6 is 23.7 Å². The van der Waals surface area contributed by atoms with E-state index in [-0.39, 0.29) is 24.2 Å². The Labute approximate surface area is 142 Å². The van der Waals surface area contributed by atoms with Crippen molar-refractivity contribution >= 4 is 34.8 Å². The first-order chi connectivity index (χ1) is 10.3. The fourth-order valence-electron chi connectivity index (χ4n) is 3.01. The third-order valence-corrected chi connectivity index (χ3v) is 5.26. The third-order valence-electron chi connectivity index (χ3n) is 4.31. The summed E-state index contributed by atoms with van der Waals surface area (Å²) in [6.07, 6.45) is 5.31. The molecule has 0 aromatic carbocycles. The highest BCUT2D eigenvalue weighted by Crippen LogP contribution is 2.24. The number of piperidine rings is 1. The van der Waals surface area contributed by atoms with Gasteiger partial charge in [-0.15, -0.1) is 23.7 Å². The quantitative estimate of drug-likeness (QED) is 0.855. The molecule has 2 aliphatic rings. The van der Waals surface area contributed by atoms with Gasteiger partial charge in [-0.2, -0.15) is 0 Å². The van der Waals surface area contributed by atoms with E-state index in [1.165, 1.54) is 12.8 Å². The maximum absolute atomic E-state index is 12.0. The predicted molar refractivity (Wildman–Crippen MR) is 93.1 cm³/mol. The van der Waals surface area contributed by atoms with Gasteiger partial charge in [-0.3, -0.25) is 4.79 Å². The molecule has 0 atom stereocenters. The SMILES string of the molecule is Cl.O=C(NCCc1csc(N2CCCC2)n1)C1CCNCC1. The lowest BCUT2D eigenvalue weighted by atomic mass is 9.97. The second kappa shape index (κ2) is 8.70. The van der Waals surface area contributed by atoms with Crippen LogP contribution in [-0.4, -0.2) is 43.6 Å². The molecule has 1 aromatic rings. The van der Waals surface area contributed by atoms with Gasteiger partial charge in [0.2, 0.25) is 5.91 Å². The van der Waals surface area contributed by atoms with Crippen LogP contribution in [0.25, 0.3) is 0 Å². The summed E-state index contributed by atoms with van der Waals surface area (Å²) in [6.45, 7) is 4.90. The Balaban J connectivity index is 0.00000176. The molecule has 22 heavy (non-hydrogen) atoms. The molecule has 2 N–H and O–H groups in total. The van der Waals surface area contributed by atoms with Gasteiger partial charge in [-0.1, -0.05) is 0 Å². The molecule has 124 valence electrons. The predicted octanol–water partition coefficient (Wildman–Crippen LogP) is 1.82. The van der Waals surface area contributed by atoms with Gasteiger partial charge in [0, 0.05) is 37.4 Å². The number of hydrogen-bond acceptors (Lipinski definition) is 5. The largest absolute Gasteiger partial charge is 0.355 e. The maximum Gasteiger partial charge on any atom is 0.223 e. The van der Waals surface area contributed by atoms with Gasteiger partial charge in [0.1, 0.15) is 0 Å². The lowest BCUT2D eigenvalue weighted by molar-refractivity contribution is -0.125. The van der Waals surface area contributed by atoms with Crippen LogP contribution in [0.2, 0.25) is 0 Å². The number of carbonyl (C=O) groups is 1. The van der Waals surface area contributed by atoms with Crippen molar-refractivity contribution in [2.45, 2.75) is 32.1 Å². The zero-order chi connectivity index (χ0) is 14.5. The lowest BCUT2D eigenvalue weighted by Crippen LogP contribution is -2.38. The van der Waals surface area contributed by atoms with Crippen LogP contribution in [0.4, 0.5) is 5.13 Å². The summed E-state index contributed by atoms with van der Waals surface area (Å²) in [7, 11) is 0. The fourth-order valence-corrected chi connectivity index (χ4v) is 3.92. The molecule has 1 aromatic heterocycles. The summed E-state index contributed by atoms with van der Waals surface area (Å²) >= 11 is 1.73. The highest BCUT2D eigenvalue weighted by atomic mass is 35.5. The van der Waals surface area contributed by atoms with Crippen molar-refractivity contribution in [1.29, 1.82) is 0 Å². The lowest BCUT2D eigenvalue weighted by Gasteiger charge is -2.21. The summed E-state index contributed by atoms with van der Waals surface area (Å²) in [6, 6.07) is 0. The summed E-state index contributed by atoms with van der Waals surface area (Å²) in [5.74, 6) is 0.411. The maximum atomic E-state index is 12.0. The Kier molecular flexibility index (Phi) is 6.92. The molecular weight excluding hydrogens is 320 g/mol. The Hall–Kier alpha value is -0.850. The first-order valence-corrected chi connectivity index (χ1v) is 8.88. The van der Waals surface area contributed by atoms with Crippen LogP contribution in [0.3, 0.4) is 0 Å². The zero-order valence-electron chi connectivity index (χ0n) is 12.8. The Morgan fingerprint density at radius 3 is 2.82 bits per heavy atom. The van der Waals surface area contributed by atoms with E-state index < -0.39 is 0 Å². The Morgan fingerprint density at radius 1 is 1.36 bits per heavy atom. The van der Waals surface area contributed by atoms with Crippen LogP contribution < -0.4 is 15.5 Å². The molecule has 1 amide bonds. The standard InChI is InChI=1S/C15H24N4OS.ClH/c20-14(12-3-6-16-7-4-12)17-8-5-13-11-21-15(18-13)19-9-1-2-10-19;/h11-12,16H,1-10H2,(H,17,20);1H. The van der Waals surface area contributed by atoms with Crippen LogP contribution in [0, 0.1) is 5.92 Å². The molecule has 2 aliphatic heterocycles. The number of carbonyl (C=O) groups excluding carboxylic acids is 1. The molecule has 2 saturated heterocycles. The van der Waals surface area contributed by atoms with E-state index in [0.29, 0.717) is 6.54 Å². The van der Waals surface area contributed by atoms with E-state index in [4.69, 9.17) is 0 Å². The monoisotopic (exact) mass is 344 g/mol. The van der Waals surface area contributed by atoms with Crippen LogP contribution in [-0.2, 0) is 11.2 Å². The number of hydrogen-bond donors (Lipinski definition) is 2. The first kappa shape index (κ1) is 17.5. The normalized spacial score (nSPS) is 19.0. The molecule has 0 spiro atoms. The molecule has 2 fully saturated rings. The van der Waals surface area contributed by atoms with Gasteiger partial charge in [0.15, 0.2) is 5.13 Å². The number of rotatable bonds is 5. The molecule has 0 unspecified atom stereocenters. The van der Waals surface area contributed by atoms with Crippen molar-refractivity contribution in [2.24, 2.45) is 5.92 Å². The van der Waals surface area contributed by atoms with Gasteiger partial charge in [0.05, 0.1) is 5.69 Å². The van der Waals surface area contributed by atoms with Crippen molar-refractivity contribution in [2.75, 3.05) is 37.6 Å². The van der Waals surface area contributed by atoms with Crippen molar-refractivity contribution in [3.05, 3.63) is 11.1 Å². The molecule has 0 aliphatic carbocycles. The number of nitrogens with zero attached hydrogens (tertiary/aromatic N) is 2. The second-order valence-electron chi connectivity index (χ2n) is 5.88. The van der Waals surface area contributed by atoms with Crippen molar-refractivity contribution in [3.8, 4) is 0 Å². The average Bonchev–Trinajstić information content (AvgIpc) is 3.19. The highest BCUT2D eigenvalue weighted by Gasteiger charge is 2.20. The van der Waals surface area contributed by atoms with E-state index in [9.17, 15) is 4.79 Å². The second-order valence-corrected chi connectivity index (χ2v) is 6.72. The Morgan fingerprint density at radius 2 is 2.09 bits per heavy atom. The first-order valence-electron chi connectivity index (χ1n) is 8.01. The van der Waals surface area contributed by atoms with Crippen molar-refractivity contribution < 1.29 is 4.79 Å². The van der Waals surface area contributed by atoms with Gasteiger partial charge in [-0.25, -0.2) is 4.98 Å². The van der Waals surface area contributed by atoms with Crippen LogP contribution in [0.15, 0.2) is 5.38 Å². The fraction of sp³-hybridized carbons (Fsp3) is 0.733. The molecule has 5 nitrogen and oxygen atoms in total. The number of nitrogens with one attached hydrogen (secondary N) is 2. The minimum Gasteiger partial charge on any atom is -0.355 e. The molecule has 0 bridgehead atoms. The molecule has 0 radical (unpaired) electrons. The summed E-state index contributed by atoms with van der Waals surface area (Å²) in [4.78, 5) is 19.1.